The minimum absolute atomic E-state index is 0.414. The van der Waals surface area contributed by atoms with Crippen LogP contribution in [0.15, 0.2) is 29.6 Å². The van der Waals surface area contributed by atoms with E-state index in [9.17, 15) is 4.79 Å². The molecule has 3 aromatic rings. The first kappa shape index (κ1) is 21.4. The summed E-state index contributed by atoms with van der Waals surface area (Å²) in [6.07, 6.45) is 0. The van der Waals surface area contributed by atoms with Crippen molar-refractivity contribution in [2.75, 3.05) is 32.0 Å². The van der Waals surface area contributed by atoms with Crippen molar-refractivity contribution in [1.29, 1.82) is 0 Å². The molecule has 0 atom stereocenters. The number of hydrogen-bond donors (Lipinski definition) is 2. The van der Waals surface area contributed by atoms with Crippen LogP contribution in [0.4, 0.5) is 15.6 Å². The number of nitrogens with one attached hydrogen (secondary N) is 2. The molecule has 30 heavy (non-hydrogen) atoms. The molecule has 7 nitrogen and oxygen atoms in total. The number of nitrogens with zero attached hydrogens (tertiary/aromatic N) is 1. The Labute approximate surface area is 180 Å². The van der Waals surface area contributed by atoms with Crippen molar-refractivity contribution in [3.63, 3.8) is 0 Å². The van der Waals surface area contributed by atoms with Gasteiger partial charge in [-0.3, -0.25) is 5.32 Å². The van der Waals surface area contributed by atoms with Crippen LogP contribution in [0.3, 0.4) is 0 Å². The zero-order valence-electron chi connectivity index (χ0n) is 17.9. The van der Waals surface area contributed by atoms with E-state index < -0.39 is 6.03 Å². The second-order valence-corrected chi connectivity index (χ2v) is 7.66. The number of hydrogen-bond acceptors (Lipinski definition) is 6. The summed E-state index contributed by atoms with van der Waals surface area (Å²) < 4.78 is 15.9. The van der Waals surface area contributed by atoms with E-state index in [4.69, 9.17) is 14.2 Å². The van der Waals surface area contributed by atoms with Crippen molar-refractivity contribution in [3.05, 3.63) is 46.3 Å². The molecule has 0 saturated carbocycles. The molecular formula is C22H25N3O4S. The third-order valence-electron chi connectivity index (χ3n) is 4.58. The number of rotatable bonds is 6. The summed E-state index contributed by atoms with van der Waals surface area (Å²) in [5.41, 5.74) is 5.97. The normalized spacial score (nSPS) is 10.5. The van der Waals surface area contributed by atoms with Gasteiger partial charge >= 0.3 is 6.03 Å². The van der Waals surface area contributed by atoms with Gasteiger partial charge in [0.15, 0.2) is 16.6 Å². The largest absolute Gasteiger partial charge is 0.493 e. The van der Waals surface area contributed by atoms with Crippen LogP contribution in [0, 0.1) is 20.8 Å². The predicted molar refractivity (Wildman–Crippen MR) is 121 cm³/mol. The van der Waals surface area contributed by atoms with Crippen LogP contribution in [0.1, 0.15) is 16.7 Å². The Bertz CT molecular complexity index is 1030. The molecule has 0 fully saturated rings. The molecule has 0 bridgehead atoms. The van der Waals surface area contributed by atoms with Gasteiger partial charge in [0.1, 0.15) is 0 Å². The first-order valence-corrected chi connectivity index (χ1v) is 10.2. The third kappa shape index (κ3) is 4.49. The van der Waals surface area contributed by atoms with E-state index in [-0.39, 0.29) is 0 Å². The lowest BCUT2D eigenvalue weighted by molar-refractivity contribution is 0.262. The van der Waals surface area contributed by atoms with Crippen LogP contribution in [0.25, 0.3) is 11.3 Å². The van der Waals surface area contributed by atoms with Crippen molar-refractivity contribution in [2.24, 2.45) is 0 Å². The highest BCUT2D eigenvalue weighted by molar-refractivity contribution is 7.14. The summed E-state index contributed by atoms with van der Waals surface area (Å²) in [5, 5.41) is 8.00. The average Bonchev–Trinajstić information content (AvgIpc) is 3.13. The van der Waals surface area contributed by atoms with Crippen molar-refractivity contribution >= 4 is 28.2 Å². The van der Waals surface area contributed by atoms with Gasteiger partial charge in [-0.15, -0.1) is 11.3 Å². The van der Waals surface area contributed by atoms with E-state index in [0.717, 1.165) is 22.4 Å². The maximum absolute atomic E-state index is 12.5. The molecule has 2 amide bonds. The number of urea groups is 1. The Kier molecular flexibility index (Phi) is 6.47. The van der Waals surface area contributed by atoms with Crippen LogP contribution < -0.4 is 24.8 Å². The Hall–Kier alpha value is -3.26. The van der Waals surface area contributed by atoms with Gasteiger partial charge in [0.05, 0.1) is 32.7 Å². The fraction of sp³-hybridized carbons (Fsp3) is 0.273. The van der Waals surface area contributed by atoms with Crippen LogP contribution >= 0.6 is 11.3 Å². The highest BCUT2D eigenvalue weighted by Crippen LogP contribution is 2.40. The number of ether oxygens (including phenoxy) is 3. The van der Waals surface area contributed by atoms with Gasteiger partial charge in [-0.25, -0.2) is 9.78 Å². The Balaban J connectivity index is 1.77. The lowest BCUT2D eigenvalue weighted by atomic mass is 9.98. The van der Waals surface area contributed by atoms with Crippen LogP contribution in [-0.4, -0.2) is 32.3 Å². The van der Waals surface area contributed by atoms with Gasteiger partial charge in [-0.05, 0) is 31.9 Å². The van der Waals surface area contributed by atoms with Crippen molar-refractivity contribution in [3.8, 4) is 28.5 Å². The first-order chi connectivity index (χ1) is 14.4. The number of thiazole rings is 1. The number of aromatic nitrogens is 1. The van der Waals surface area contributed by atoms with Gasteiger partial charge in [-0.2, -0.15) is 0 Å². The molecule has 0 aliphatic carbocycles. The Morgan fingerprint density at radius 1 is 0.900 bits per heavy atom. The van der Waals surface area contributed by atoms with E-state index in [0.29, 0.717) is 28.1 Å². The SMILES string of the molecule is COc1cc(NC(=O)Nc2nc(-c3c(C)cc(C)cc3C)cs2)cc(OC)c1OC. The molecule has 158 valence electrons. The van der Waals surface area contributed by atoms with Gasteiger partial charge in [0, 0.05) is 23.1 Å². The highest BCUT2D eigenvalue weighted by atomic mass is 32.1. The summed E-state index contributed by atoms with van der Waals surface area (Å²) in [6.45, 7) is 6.21. The summed E-state index contributed by atoms with van der Waals surface area (Å²) >= 11 is 1.37. The predicted octanol–water partition coefficient (Wildman–Crippen LogP) is 5.41. The summed E-state index contributed by atoms with van der Waals surface area (Å²) in [5.74, 6) is 1.36. The molecule has 0 unspecified atom stereocenters. The quantitative estimate of drug-likeness (QED) is 0.550. The lowest BCUT2D eigenvalue weighted by Crippen LogP contribution is -2.19. The zero-order chi connectivity index (χ0) is 21.8. The average molecular weight is 428 g/mol. The summed E-state index contributed by atoms with van der Waals surface area (Å²) in [4.78, 5) is 17.1. The number of amides is 2. The maximum Gasteiger partial charge on any atom is 0.325 e. The molecule has 2 aromatic carbocycles. The van der Waals surface area contributed by atoms with Crippen molar-refractivity contribution < 1.29 is 19.0 Å². The molecule has 0 saturated heterocycles. The molecule has 3 rings (SSSR count). The number of methoxy groups -OCH3 is 3. The topological polar surface area (TPSA) is 81.7 Å². The van der Waals surface area contributed by atoms with Gasteiger partial charge in [0.2, 0.25) is 5.75 Å². The molecule has 0 aliphatic heterocycles. The molecule has 0 aliphatic rings. The van der Waals surface area contributed by atoms with Crippen LogP contribution in [0.2, 0.25) is 0 Å². The fourth-order valence-electron chi connectivity index (χ4n) is 3.44. The number of anilines is 2. The highest BCUT2D eigenvalue weighted by Gasteiger charge is 2.16. The molecule has 8 heteroatoms. The first-order valence-electron chi connectivity index (χ1n) is 9.28. The van der Waals surface area contributed by atoms with Gasteiger partial charge in [0.25, 0.3) is 0 Å². The molecule has 0 radical (unpaired) electrons. The standard InChI is InChI=1S/C22H25N3O4S/c1-12-7-13(2)19(14(3)8-12)16-11-30-22(24-16)25-21(26)23-15-9-17(27-4)20(29-6)18(10-15)28-5/h7-11H,1-6H3,(H2,23,24,25,26). The molecular weight excluding hydrogens is 402 g/mol. The summed E-state index contributed by atoms with van der Waals surface area (Å²) in [7, 11) is 4.57. The Morgan fingerprint density at radius 3 is 2.03 bits per heavy atom. The molecule has 0 spiro atoms. The van der Waals surface area contributed by atoms with Crippen molar-refractivity contribution in [2.45, 2.75) is 20.8 Å². The zero-order valence-corrected chi connectivity index (χ0v) is 18.7. The number of carbonyl (C=O) groups is 1. The second-order valence-electron chi connectivity index (χ2n) is 6.80. The second kappa shape index (κ2) is 9.04. The number of benzene rings is 2. The fourth-order valence-corrected chi connectivity index (χ4v) is 4.14. The van der Waals surface area contributed by atoms with E-state index >= 15 is 0 Å². The smallest absolute Gasteiger partial charge is 0.325 e. The monoisotopic (exact) mass is 427 g/mol. The van der Waals surface area contributed by atoms with Gasteiger partial charge in [-0.1, -0.05) is 17.7 Å². The maximum atomic E-state index is 12.5. The number of carbonyl (C=O) groups excluding carboxylic acids is 1. The lowest BCUT2D eigenvalue weighted by Gasteiger charge is -2.14. The Morgan fingerprint density at radius 2 is 1.50 bits per heavy atom. The summed E-state index contributed by atoms with van der Waals surface area (Å²) in [6, 6.07) is 7.17. The van der Waals surface area contributed by atoms with E-state index in [1.54, 1.807) is 12.1 Å². The minimum Gasteiger partial charge on any atom is -0.493 e. The van der Waals surface area contributed by atoms with Crippen LogP contribution in [-0.2, 0) is 0 Å². The number of aryl methyl sites for hydroxylation is 3. The van der Waals surface area contributed by atoms with E-state index in [1.165, 1.54) is 38.2 Å². The van der Waals surface area contributed by atoms with E-state index in [2.05, 4.69) is 48.5 Å². The molecule has 1 aromatic heterocycles. The third-order valence-corrected chi connectivity index (χ3v) is 5.34. The van der Waals surface area contributed by atoms with Crippen molar-refractivity contribution in [1.82, 2.24) is 4.98 Å². The molecule has 1 heterocycles. The molecule has 2 N–H and O–H groups in total. The van der Waals surface area contributed by atoms with Gasteiger partial charge < -0.3 is 19.5 Å². The minimum atomic E-state index is -0.414. The van der Waals surface area contributed by atoms with E-state index in [1.807, 2.05) is 5.38 Å². The van der Waals surface area contributed by atoms with Crippen LogP contribution in [0.5, 0.6) is 17.2 Å².